The molecule has 1 heterocycles. The molecule has 0 saturated heterocycles. The van der Waals surface area contributed by atoms with E-state index in [-0.39, 0.29) is 17.1 Å². The largest absolute Gasteiger partial charge is 0.330 e. The molecule has 102 valence electrons. The number of benzene rings is 1. The molecule has 1 aliphatic heterocycles. The van der Waals surface area contributed by atoms with Gasteiger partial charge in [-0.3, -0.25) is 9.59 Å². The van der Waals surface area contributed by atoms with Crippen molar-refractivity contribution in [2.75, 3.05) is 11.9 Å². The van der Waals surface area contributed by atoms with E-state index in [4.69, 9.17) is 5.73 Å². The second kappa shape index (κ2) is 5.13. The van der Waals surface area contributed by atoms with Crippen LogP contribution in [0, 0.1) is 5.41 Å². The molecule has 0 aliphatic carbocycles. The zero-order valence-corrected chi connectivity index (χ0v) is 11.5. The predicted octanol–water partition coefficient (Wildman–Crippen LogP) is 2.13. The number of nitrogens with two attached hydrogens (primary N) is 1. The van der Waals surface area contributed by atoms with Crippen molar-refractivity contribution in [3.63, 3.8) is 0 Å². The number of nitrogens with one attached hydrogen (secondary N) is 1. The predicted molar refractivity (Wildman–Crippen MR) is 75.2 cm³/mol. The summed E-state index contributed by atoms with van der Waals surface area (Å²) < 4.78 is 0. The zero-order valence-electron chi connectivity index (χ0n) is 11.5. The third-order valence-electron chi connectivity index (χ3n) is 3.51. The number of Topliss-reactive ketones (excluding diaryl/α,β-unsaturated/α-hetero) is 1. The Morgan fingerprint density at radius 1 is 1.37 bits per heavy atom. The Labute approximate surface area is 113 Å². The smallest absolute Gasteiger partial charge is 0.224 e. The minimum Gasteiger partial charge on any atom is -0.330 e. The molecule has 0 saturated carbocycles. The van der Waals surface area contributed by atoms with Gasteiger partial charge in [0, 0.05) is 24.1 Å². The Balaban J connectivity index is 2.18. The number of anilines is 1. The van der Waals surface area contributed by atoms with Crippen LogP contribution in [-0.4, -0.2) is 18.2 Å². The van der Waals surface area contributed by atoms with Crippen LogP contribution < -0.4 is 11.1 Å². The lowest BCUT2D eigenvalue weighted by molar-refractivity contribution is -0.116. The van der Waals surface area contributed by atoms with Crippen molar-refractivity contribution in [2.24, 2.45) is 11.1 Å². The Hall–Kier alpha value is -1.68. The molecule has 1 aliphatic rings. The molecule has 1 amide bonds. The fraction of sp³-hybridized carbons (Fsp3) is 0.467. The highest BCUT2D eigenvalue weighted by molar-refractivity contribution is 5.99. The van der Waals surface area contributed by atoms with E-state index >= 15 is 0 Å². The van der Waals surface area contributed by atoms with Gasteiger partial charge in [-0.05, 0) is 42.1 Å². The van der Waals surface area contributed by atoms with Gasteiger partial charge in [-0.2, -0.15) is 0 Å². The summed E-state index contributed by atoms with van der Waals surface area (Å²) in [5.74, 6) is 0.144. The molecule has 0 unspecified atom stereocenters. The van der Waals surface area contributed by atoms with Gasteiger partial charge in [-0.1, -0.05) is 13.8 Å². The van der Waals surface area contributed by atoms with Crippen LogP contribution in [0.3, 0.4) is 0 Å². The molecule has 3 N–H and O–H groups in total. The lowest BCUT2D eigenvalue weighted by Gasteiger charge is -2.22. The monoisotopic (exact) mass is 260 g/mol. The molecule has 1 aromatic rings. The number of amides is 1. The molecule has 4 nitrogen and oxygen atoms in total. The van der Waals surface area contributed by atoms with Crippen LogP contribution in [0.1, 0.15) is 42.6 Å². The number of rotatable bonds is 4. The fourth-order valence-electron chi connectivity index (χ4n) is 2.17. The van der Waals surface area contributed by atoms with Gasteiger partial charge in [-0.15, -0.1) is 0 Å². The van der Waals surface area contributed by atoms with Crippen molar-refractivity contribution < 1.29 is 9.59 Å². The second-order valence-electron chi connectivity index (χ2n) is 5.89. The van der Waals surface area contributed by atoms with E-state index in [0.29, 0.717) is 31.4 Å². The summed E-state index contributed by atoms with van der Waals surface area (Å²) in [6, 6.07) is 5.48. The van der Waals surface area contributed by atoms with Crippen LogP contribution in [0.15, 0.2) is 18.2 Å². The maximum absolute atomic E-state index is 12.2. The molecular weight excluding hydrogens is 240 g/mol. The molecule has 0 aromatic heterocycles. The standard InChI is InChI=1S/C15H20N2O2/c1-15(2,9-16)8-13(18)11-3-5-12-10(7-11)4-6-14(19)17-12/h3,5,7H,4,6,8-9,16H2,1-2H3,(H,17,19). The highest BCUT2D eigenvalue weighted by Gasteiger charge is 2.22. The number of ketones is 1. The number of carbonyl (C=O) groups is 2. The van der Waals surface area contributed by atoms with Gasteiger partial charge in [0.2, 0.25) is 5.91 Å². The van der Waals surface area contributed by atoms with E-state index in [1.165, 1.54) is 0 Å². The highest BCUT2D eigenvalue weighted by atomic mass is 16.1. The van der Waals surface area contributed by atoms with E-state index < -0.39 is 0 Å². The first-order valence-corrected chi connectivity index (χ1v) is 6.57. The average Bonchev–Trinajstić information content (AvgIpc) is 2.37. The lowest BCUT2D eigenvalue weighted by atomic mass is 9.85. The first-order chi connectivity index (χ1) is 8.91. The van der Waals surface area contributed by atoms with Gasteiger partial charge < -0.3 is 11.1 Å². The number of aryl methyl sites for hydroxylation is 1. The van der Waals surface area contributed by atoms with Crippen molar-refractivity contribution >= 4 is 17.4 Å². The van der Waals surface area contributed by atoms with Crippen LogP contribution in [0.25, 0.3) is 0 Å². The molecule has 0 fully saturated rings. The lowest BCUT2D eigenvalue weighted by Crippen LogP contribution is -2.27. The average molecular weight is 260 g/mol. The van der Waals surface area contributed by atoms with Crippen LogP contribution in [0.5, 0.6) is 0 Å². The van der Waals surface area contributed by atoms with Crippen molar-refractivity contribution in [1.29, 1.82) is 0 Å². The summed E-state index contributed by atoms with van der Waals surface area (Å²) in [6.07, 6.45) is 1.62. The Morgan fingerprint density at radius 3 is 2.79 bits per heavy atom. The van der Waals surface area contributed by atoms with Crippen molar-refractivity contribution in [2.45, 2.75) is 33.1 Å². The molecule has 0 spiro atoms. The second-order valence-corrected chi connectivity index (χ2v) is 5.89. The topological polar surface area (TPSA) is 72.2 Å². The number of fused-ring (bicyclic) bond motifs is 1. The first-order valence-electron chi connectivity index (χ1n) is 6.57. The molecule has 0 radical (unpaired) electrons. The summed E-state index contributed by atoms with van der Waals surface area (Å²) in [7, 11) is 0. The van der Waals surface area contributed by atoms with Gasteiger partial charge in [0.1, 0.15) is 0 Å². The summed E-state index contributed by atoms with van der Waals surface area (Å²) in [6.45, 7) is 4.47. The molecule has 4 heteroatoms. The third-order valence-corrected chi connectivity index (χ3v) is 3.51. The zero-order chi connectivity index (χ0) is 14.0. The van der Waals surface area contributed by atoms with Gasteiger partial charge >= 0.3 is 0 Å². The summed E-state index contributed by atoms with van der Waals surface area (Å²) >= 11 is 0. The van der Waals surface area contributed by atoms with Crippen LogP contribution in [0.4, 0.5) is 5.69 Å². The maximum Gasteiger partial charge on any atom is 0.224 e. The quantitative estimate of drug-likeness (QED) is 0.815. The maximum atomic E-state index is 12.2. The van der Waals surface area contributed by atoms with Crippen LogP contribution in [0.2, 0.25) is 0 Å². The SMILES string of the molecule is CC(C)(CN)CC(=O)c1ccc2c(c1)CCC(=O)N2. The minimum absolute atomic E-state index is 0.0378. The van der Waals surface area contributed by atoms with Crippen molar-refractivity contribution in [3.05, 3.63) is 29.3 Å². The van der Waals surface area contributed by atoms with E-state index in [1.54, 1.807) is 6.07 Å². The molecular formula is C15H20N2O2. The van der Waals surface area contributed by atoms with E-state index in [0.717, 1.165) is 11.3 Å². The molecule has 19 heavy (non-hydrogen) atoms. The van der Waals surface area contributed by atoms with Crippen LogP contribution >= 0.6 is 0 Å². The van der Waals surface area contributed by atoms with Crippen molar-refractivity contribution in [3.8, 4) is 0 Å². The van der Waals surface area contributed by atoms with Gasteiger partial charge in [-0.25, -0.2) is 0 Å². The Kier molecular flexibility index (Phi) is 3.71. The van der Waals surface area contributed by atoms with Gasteiger partial charge in [0.15, 0.2) is 5.78 Å². The number of carbonyl (C=O) groups excluding carboxylic acids is 2. The van der Waals surface area contributed by atoms with E-state index in [9.17, 15) is 9.59 Å². The molecule has 2 rings (SSSR count). The minimum atomic E-state index is -0.179. The Morgan fingerprint density at radius 2 is 2.11 bits per heavy atom. The third kappa shape index (κ3) is 3.20. The fourth-order valence-corrected chi connectivity index (χ4v) is 2.17. The molecule has 1 aromatic carbocycles. The van der Waals surface area contributed by atoms with Crippen LogP contribution in [-0.2, 0) is 11.2 Å². The van der Waals surface area contributed by atoms with Gasteiger partial charge in [0.05, 0.1) is 0 Å². The van der Waals surface area contributed by atoms with E-state index in [2.05, 4.69) is 5.32 Å². The summed E-state index contributed by atoms with van der Waals surface area (Å²) in [5.41, 5.74) is 8.05. The van der Waals surface area contributed by atoms with Crippen molar-refractivity contribution in [1.82, 2.24) is 0 Å². The number of hydrogen-bond acceptors (Lipinski definition) is 3. The van der Waals surface area contributed by atoms with Gasteiger partial charge in [0.25, 0.3) is 0 Å². The summed E-state index contributed by atoms with van der Waals surface area (Å²) in [5, 5.41) is 2.82. The normalized spacial score (nSPS) is 14.8. The number of hydrogen-bond donors (Lipinski definition) is 2. The summed E-state index contributed by atoms with van der Waals surface area (Å²) in [4.78, 5) is 23.5. The van der Waals surface area contributed by atoms with E-state index in [1.807, 2.05) is 26.0 Å². The first kappa shape index (κ1) is 13.7. The molecule has 0 bridgehead atoms. The highest BCUT2D eigenvalue weighted by Crippen LogP contribution is 2.26. The molecule has 0 atom stereocenters. The Bertz CT molecular complexity index is 521.